The van der Waals surface area contributed by atoms with E-state index >= 15 is 0 Å². The Morgan fingerprint density at radius 1 is 1.29 bits per heavy atom. The Kier molecular flexibility index (Phi) is 2.46. The van der Waals surface area contributed by atoms with Gasteiger partial charge in [0.25, 0.3) is 0 Å². The average molecular weight is 281 g/mol. The van der Waals surface area contributed by atoms with Gasteiger partial charge in [-0.3, -0.25) is 4.40 Å². The maximum atomic E-state index is 6.29. The second kappa shape index (κ2) is 4.13. The number of hydrogen-bond donors (Lipinski definition) is 1. The van der Waals surface area contributed by atoms with Gasteiger partial charge in [0.2, 0.25) is 0 Å². The highest BCUT2D eigenvalue weighted by Gasteiger charge is 2.36. The molecule has 0 spiro atoms. The van der Waals surface area contributed by atoms with Gasteiger partial charge in [0.05, 0.1) is 0 Å². The van der Waals surface area contributed by atoms with Crippen LogP contribution in [0.15, 0.2) is 28.7 Å². The Balaban J connectivity index is 1.85. The average Bonchev–Trinajstić information content (AvgIpc) is 2.86. The summed E-state index contributed by atoms with van der Waals surface area (Å²) in [7, 11) is 0. The minimum absolute atomic E-state index is 0.570. The quantitative estimate of drug-likeness (QED) is 0.774. The Bertz CT molecular complexity index is 843. The highest BCUT2D eigenvalue weighted by Crippen LogP contribution is 2.48. The number of nitrogens with two attached hydrogens (primary N) is 1. The maximum Gasteiger partial charge on any atom is 0.156 e. The Morgan fingerprint density at radius 3 is 2.76 bits per heavy atom. The van der Waals surface area contributed by atoms with Crippen LogP contribution in [0.5, 0.6) is 0 Å². The van der Waals surface area contributed by atoms with Gasteiger partial charge in [-0.1, -0.05) is 6.92 Å². The predicted octanol–water partition coefficient (Wildman–Crippen LogP) is 3.92. The molecule has 0 radical (unpaired) electrons. The van der Waals surface area contributed by atoms with Gasteiger partial charge in [-0.2, -0.15) is 0 Å². The molecule has 1 aliphatic carbocycles. The molecule has 108 valence electrons. The summed E-state index contributed by atoms with van der Waals surface area (Å²) >= 11 is 0. The third-order valence-corrected chi connectivity index (χ3v) is 4.42. The van der Waals surface area contributed by atoms with Crippen molar-refractivity contribution >= 4 is 11.5 Å². The number of imidazole rings is 1. The second-order valence-corrected chi connectivity index (χ2v) is 6.23. The first-order valence-electron chi connectivity index (χ1n) is 7.40. The van der Waals surface area contributed by atoms with Crippen LogP contribution >= 0.6 is 0 Å². The van der Waals surface area contributed by atoms with Crippen LogP contribution in [0.3, 0.4) is 0 Å². The minimum atomic E-state index is 0.570. The molecule has 2 atom stereocenters. The first-order valence-corrected chi connectivity index (χ1v) is 7.40. The minimum Gasteiger partial charge on any atom is -0.459 e. The van der Waals surface area contributed by atoms with Crippen LogP contribution in [0.4, 0.5) is 5.82 Å². The summed E-state index contributed by atoms with van der Waals surface area (Å²) in [5.41, 5.74) is 10.2. The SMILES string of the molecule is Cc1cc(C)n2c(N)c(-c3ccc(C4CC4C)o3)nc2c1. The molecule has 2 unspecified atom stereocenters. The Hall–Kier alpha value is -2.23. The third-order valence-electron chi connectivity index (χ3n) is 4.42. The molecule has 0 aromatic carbocycles. The normalized spacial score (nSPS) is 21.1. The predicted molar refractivity (Wildman–Crippen MR) is 83.3 cm³/mol. The molecule has 4 rings (SSSR count). The third kappa shape index (κ3) is 1.86. The standard InChI is InChI=1S/C17H19N3O/c1-9-6-11(3)20-15(7-9)19-16(17(20)18)14-5-4-13(21-14)12-8-10(12)2/h4-7,10,12H,8,18H2,1-3H3. The number of fused-ring (bicyclic) bond motifs is 1. The van der Waals surface area contributed by atoms with Crippen LogP contribution in [-0.2, 0) is 0 Å². The van der Waals surface area contributed by atoms with Gasteiger partial charge in [-0.05, 0) is 56.0 Å². The van der Waals surface area contributed by atoms with Crippen molar-refractivity contribution in [3.8, 4) is 11.5 Å². The number of furan rings is 1. The van der Waals surface area contributed by atoms with Gasteiger partial charge in [0, 0.05) is 11.6 Å². The van der Waals surface area contributed by atoms with Crippen molar-refractivity contribution in [3.05, 3.63) is 41.3 Å². The molecule has 1 aliphatic rings. The number of anilines is 1. The van der Waals surface area contributed by atoms with E-state index in [0.29, 0.717) is 11.7 Å². The lowest BCUT2D eigenvalue weighted by Crippen LogP contribution is -1.98. The maximum absolute atomic E-state index is 6.29. The topological polar surface area (TPSA) is 56.5 Å². The molecule has 1 saturated carbocycles. The molecule has 21 heavy (non-hydrogen) atoms. The summed E-state index contributed by atoms with van der Waals surface area (Å²) in [6, 6.07) is 8.19. The summed E-state index contributed by atoms with van der Waals surface area (Å²) in [6.07, 6.45) is 1.21. The molecule has 0 saturated heterocycles. The molecule has 0 aliphatic heterocycles. The van der Waals surface area contributed by atoms with Gasteiger partial charge >= 0.3 is 0 Å². The lowest BCUT2D eigenvalue weighted by atomic mass is 10.2. The van der Waals surface area contributed by atoms with E-state index in [1.807, 2.05) is 23.5 Å². The molecule has 0 amide bonds. The molecular formula is C17H19N3O. The van der Waals surface area contributed by atoms with Crippen molar-refractivity contribution in [2.45, 2.75) is 33.1 Å². The van der Waals surface area contributed by atoms with Crippen molar-refractivity contribution in [1.82, 2.24) is 9.38 Å². The Morgan fingerprint density at radius 2 is 2.05 bits per heavy atom. The fraction of sp³-hybridized carbons (Fsp3) is 0.353. The van der Waals surface area contributed by atoms with Crippen molar-refractivity contribution in [2.75, 3.05) is 5.73 Å². The van der Waals surface area contributed by atoms with E-state index in [9.17, 15) is 0 Å². The fourth-order valence-corrected chi connectivity index (χ4v) is 3.14. The van der Waals surface area contributed by atoms with Gasteiger partial charge < -0.3 is 10.2 Å². The van der Waals surface area contributed by atoms with Crippen LogP contribution < -0.4 is 5.73 Å². The molecule has 0 bridgehead atoms. The van der Waals surface area contributed by atoms with Crippen LogP contribution in [-0.4, -0.2) is 9.38 Å². The van der Waals surface area contributed by atoms with Gasteiger partial charge in [0.1, 0.15) is 22.9 Å². The fourth-order valence-electron chi connectivity index (χ4n) is 3.14. The molecule has 4 heteroatoms. The smallest absolute Gasteiger partial charge is 0.156 e. The highest BCUT2D eigenvalue weighted by atomic mass is 16.3. The van der Waals surface area contributed by atoms with Crippen LogP contribution in [0.2, 0.25) is 0 Å². The number of nitrogens with zero attached hydrogens (tertiary/aromatic N) is 2. The first-order chi connectivity index (χ1) is 10.0. The number of aryl methyl sites for hydroxylation is 2. The van der Waals surface area contributed by atoms with E-state index in [-0.39, 0.29) is 0 Å². The zero-order chi connectivity index (χ0) is 14.7. The molecule has 1 fully saturated rings. The largest absolute Gasteiger partial charge is 0.459 e. The highest BCUT2D eigenvalue weighted by molar-refractivity contribution is 5.72. The number of pyridine rings is 1. The van der Waals surface area contributed by atoms with E-state index in [4.69, 9.17) is 10.2 Å². The summed E-state index contributed by atoms with van der Waals surface area (Å²) in [5.74, 6) is 3.77. The summed E-state index contributed by atoms with van der Waals surface area (Å²) < 4.78 is 7.97. The summed E-state index contributed by atoms with van der Waals surface area (Å²) in [5, 5.41) is 0. The van der Waals surface area contributed by atoms with Crippen LogP contribution in [0.25, 0.3) is 17.1 Å². The first kappa shape index (κ1) is 12.5. The van der Waals surface area contributed by atoms with E-state index in [0.717, 1.165) is 34.5 Å². The lowest BCUT2D eigenvalue weighted by molar-refractivity contribution is 0.517. The number of hydrogen-bond acceptors (Lipinski definition) is 3. The van der Waals surface area contributed by atoms with Gasteiger partial charge in [-0.25, -0.2) is 4.98 Å². The molecular weight excluding hydrogens is 262 g/mol. The van der Waals surface area contributed by atoms with E-state index in [1.165, 1.54) is 12.0 Å². The molecule has 3 heterocycles. The van der Waals surface area contributed by atoms with Crippen molar-refractivity contribution in [1.29, 1.82) is 0 Å². The van der Waals surface area contributed by atoms with Crippen LogP contribution in [0, 0.1) is 19.8 Å². The number of aromatic nitrogens is 2. The van der Waals surface area contributed by atoms with Crippen molar-refractivity contribution in [3.63, 3.8) is 0 Å². The molecule has 3 aromatic rings. The zero-order valence-electron chi connectivity index (χ0n) is 12.6. The molecule has 3 aromatic heterocycles. The molecule has 4 nitrogen and oxygen atoms in total. The van der Waals surface area contributed by atoms with Crippen molar-refractivity contribution in [2.24, 2.45) is 5.92 Å². The van der Waals surface area contributed by atoms with Gasteiger partial charge in [-0.15, -0.1) is 0 Å². The van der Waals surface area contributed by atoms with E-state index in [2.05, 4.69) is 31.0 Å². The van der Waals surface area contributed by atoms with E-state index in [1.54, 1.807) is 0 Å². The Labute approximate surface area is 123 Å². The number of nitrogen functional groups attached to an aromatic ring is 1. The van der Waals surface area contributed by atoms with E-state index < -0.39 is 0 Å². The zero-order valence-corrected chi connectivity index (χ0v) is 12.6. The number of rotatable bonds is 2. The second-order valence-electron chi connectivity index (χ2n) is 6.23. The summed E-state index contributed by atoms with van der Waals surface area (Å²) in [6.45, 7) is 6.36. The van der Waals surface area contributed by atoms with Crippen molar-refractivity contribution < 1.29 is 4.42 Å². The monoisotopic (exact) mass is 281 g/mol. The summed E-state index contributed by atoms with van der Waals surface area (Å²) in [4.78, 5) is 4.66. The molecule has 2 N–H and O–H groups in total. The van der Waals surface area contributed by atoms with Crippen LogP contribution in [0.1, 0.15) is 36.3 Å². The van der Waals surface area contributed by atoms with Gasteiger partial charge in [0.15, 0.2) is 5.76 Å². The lowest BCUT2D eigenvalue weighted by Gasteiger charge is -2.03.